The largest absolute Gasteiger partial charge is 0.507 e. The quantitative estimate of drug-likeness (QED) is 0.799. The lowest BCUT2D eigenvalue weighted by Gasteiger charge is -2.07. The number of hydrogen-bond donors (Lipinski definition) is 3. The number of hydrogen-bond acceptors (Lipinski definition) is 4. The van der Waals surface area contributed by atoms with Crippen molar-refractivity contribution in [2.45, 2.75) is 0 Å². The van der Waals surface area contributed by atoms with Gasteiger partial charge in [-0.25, -0.2) is 9.78 Å². The summed E-state index contributed by atoms with van der Waals surface area (Å²) in [4.78, 5) is 26.4. The van der Waals surface area contributed by atoms with Gasteiger partial charge in [0.1, 0.15) is 11.4 Å². The summed E-state index contributed by atoms with van der Waals surface area (Å²) in [5.74, 6) is -1.91. The lowest BCUT2D eigenvalue weighted by atomic mass is 10.2. The first-order valence-electron chi connectivity index (χ1n) is 5.46. The van der Waals surface area contributed by atoms with Crippen LogP contribution in [0.1, 0.15) is 20.8 Å². The number of amides is 1. The van der Waals surface area contributed by atoms with Gasteiger partial charge in [0, 0.05) is 16.4 Å². The topological polar surface area (TPSA) is 99.5 Å². The SMILES string of the molecule is O=C(O)c1cc(NC(=O)c2ccc(Br)cc2O)ccn1. The second-order valence-corrected chi connectivity index (χ2v) is 4.77. The molecule has 2 rings (SSSR count). The van der Waals surface area contributed by atoms with E-state index in [0.29, 0.717) is 4.47 Å². The molecule has 0 spiro atoms. The molecule has 7 heteroatoms. The maximum absolute atomic E-state index is 12.0. The number of carboxylic acid groups (broad SMARTS) is 1. The van der Waals surface area contributed by atoms with Gasteiger partial charge in [-0.3, -0.25) is 4.79 Å². The number of carbonyl (C=O) groups excluding carboxylic acids is 1. The van der Waals surface area contributed by atoms with E-state index in [4.69, 9.17) is 5.11 Å². The highest BCUT2D eigenvalue weighted by Crippen LogP contribution is 2.23. The van der Waals surface area contributed by atoms with Crippen molar-refractivity contribution in [3.8, 4) is 5.75 Å². The maximum atomic E-state index is 12.0. The van der Waals surface area contributed by atoms with Crippen LogP contribution in [0.25, 0.3) is 0 Å². The first-order valence-corrected chi connectivity index (χ1v) is 6.26. The molecular weight excluding hydrogens is 328 g/mol. The van der Waals surface area contributed by atoms with Crippen LogP contribution in [0, 0.1) is 0 Å². The summed E-state index contributed by atoms with van der Waals surface area (Å²) in [6, 6.07) is 7.15. The number of pyridine rings is 1. The van der Waals surface area contributed by atoms with Crippen LogP contribution in [0.5, 0.6) is 5.75 Å². The Hall–Kier alpha value is -2.41. The molecule has 3 N–H and O–H groups in total. The third kappa shape index (κ3) is 3.12. The molecule has 0 bridgehead atoms. The zero-order valence-electron chi connectivity index (χ0n) is 10.0. The molecule has 20 heavy (non-hydrogen) atoms. The number of halogens is 1. The van der Waals surface area contributed by atoms with E-state index in [2.05, 4.69) is 26.2 Å². The van der Waals surface area contributed by atoms with Crippen LogP contribution in [0.2, 0.25) is 0 Å². The summed E-state index contributed by atoms with van der Waals surface area (Å²) in [5.41, 5.74) is 0.189. The fourth-order valence-corrected chi connectivity index (χ4v) is 1.87. The van der Waals surface area contributed by atoms with Crippen molar-refractivity contribution in [3.63, 3.8) is 0 Å². The van der Waals surface area contributed by atoms with Gasteiger partial charge in [0.25, 0.3) is 5.91 Å². The van der Waals surface area contributed by atoms with E-state index in [0.717, 1.165) is 0 Å². The lowest BCUT2D eigenvalue weighted by molar-refractivity contribution is 0.0690. The van der Waals surface area contributed by atoms with Crippen molar-refractivity contribution in [2.75, 3.05) is 5.32 Å². The van der Waals surface area contributed by atoms with Gasteiger partial charge in [-0.1, -0.05) is 15.9 Å². The van der Waals surface area contributed by atoms with Crippen molar-refractivity contribution < 1.29 is 19.8 Å². The second kappa shape index (κ2) is 5.70. The average Bonchev–Trinajstić information content (AvgIpc) is 2.38. The molecule has 0 fully saturated rings. The maximum Gasteiger partial charge on any atom is 0.354 e. The molecule has 0 aliphatic carbocycles. The minimum Gasteiger partial charge on any atom is -0.507 e. The first kappa shape index (κ1) is 14.0. The summed E-state index contributed by atoms with van der Waals surface area (Å²) in [6.07, 6.45) is 1.28. The van der Waals surface area contributed by atoms with Gasteiger partial charge >= 0.3 is 5.97 Å². The molecule has 1 heterocycles. The third-order valence-corrected chi connectivity index (χ3v) is 2.93. The van der Waals surface area contributed by atoms with E-state index in [1.807, 2.05) is 0 Å². The standard InChI is InChI=1S/C13H9BrN2O4/c14-7-1-2-9(11(17)5-7)12(18)16-8-3-4-15-10(6-8)13(19)20/h1-6,17H,(H,19,20)(H,15,16,18). The van der Waals surface area contributed by atoms with Crippen molar-refractivity contribution in [3.05, 3.63) is 52.3 Å². The minimum atomic E-state index is -1.19. The van der Waals surface area contributed by atoms with E-state index in [1.165, 1.54) is 30.5 Å². The first-order chi connectivity index (χ1) is 9.47. The molecule has 0 aliphatic heterocycles. The highest BCUT2D eigenvalue weighted by Gasteiger charge is 2.13. The van der Waals surface area contributed by atoms with Crippen molar-refractivity contribution in [2.24, 2.45) is 0 Å². The Labute approximate surface area is 122 Å². The smallest absolute Gasteiger partial charge is 0.354 e. The van der Waals surface area contributed by atoms with Gasteiger partial charge in [-0.05, 0) is 30.3 Å². The number of aromatic carboxylic acids is 1. The minimum absolute atomic E-state index is 0.0851. The van der Waals surface area contributed by atoms with Crippen molar-refractivity contribution >= 4 is 33.5 Å². The Kier molecular flexibility index (Phi) is 3.99. The molecule has 1 aromatic heterocycles. The summed E-state index contributed by atoms with van der Waals surface area (Å²) in [7, 11) is 0. The second-order valence-electron chi connectivity index (χ2n) is 3.85. The van der Waals surface area contributed by atoms with Crippen LogP contribution >= 0.6 is 15.9 Å². The molecular formula is C13H9BrN2O4. The van der Waals surface area contributed by atoms with Gasteiger partial charge in [0.05, 0.1) is 5.56 Å². The molecule has 6 nitrogen and oxygen atoms in total. The van der Waals surface area contributed by atoms with Crippen LogP contribution in [0.3, 0.4) is 0 Å². The van der Waals surface area contributed by atoms with Gasteiger partial charge in [-0.15, -0.1) is 0 Å². The number of carboxylic acids is 1. The number of nitrogens with one attached hydrogen (secondary N) is 1. The van der Waals surface area contributed by atoms with Crippen molar-refractivity contribution in [1.82, 2.24) is 4.98 Å². The zero-order chi connectivity index (χ0) is 14.7. The molecule has 0 saturated carbocycles. The highest BCUT2D eigenvalue weighted by atomic mass is 79.9. The Morgan fingerprint density at radius 2 is 1.95 bits per heavy atom. The molecule has 0 aliphatic rings. The van der Waals surface area contributed by atoms with Gasteiger partial charge < -0.3 is 15.5 Å². The molecule has 0 radical (unpaired) electrons. The normalized spacial score (nSPS) is 10.1. The Morgan fingerprint density at radius 3 is 2.60 bits per heavy atom. The summed E-state index contributed by atoms with van der Waals surface area (Å²) < 4.78 is 0.642. The number of aromatic nitrogens is 1. The van der Waals surface area contributed by atoms with E-state index in [9.17, 15) is 14.7 Å². The average molecular weight is 337 g/mol. The Balaban J connectivity index is 2.23. The zero-order valence-corrected chi connectivity index (χ0v) is 11.6. The van der Waals surface area contributed by atoms with Crippen LogP contribution in [0.15, 0.2) is 41.0 Å². The predicted octanol–water partition coefficient (Wildman–Crippen LogP) is 2.50. The number of rotatable bonds is 3. The number of carbonyl (C=O) groups is 2. The van der Waals surface area contributed by atoms with Gasteiger partial charge in [-0.2, -0.15) is 0 Å². The van der Waals surface area contributed by atoms with Gasteiger partial charge in [0.15, 0.2) is 0 Å². The predicted molar refractivity (Wildman–Crippen MR) is 75.0 cm³/mol. The van der Waals surface area contributed by atoms with Crippen LogP contribution in [-0.2, 0) is 0 Å². The number of benzene rings is 1. The third-order valence-electron chi connectivity index (χ3n) is 2.44. The molecule has 0 atom stereocenters. The lowest BCUT2D eigenvalue weighted by Crippen LogP contribution is -2.13. The highest BCUT2D eigenvalue weighted by molar-refractivity contribution is 9.10. The Morgan fingerprint density at radius 1 is 1.20 bits per heavy atom. The number of phenols is 1. The van der Waals surface area contributed by atoms with E-state index in [-0.39, 0.29) is 22.7 Å². The van der Waals surface area contributed by atoms with Crippen LogP contribution in [-0.4, -0.2) is 27.1 Å². The molecule has 1 aromatic carbocycles. The number of anilines is 1. The number of nitrogens with zero attached hydrogens (tertiary/aromatic N) is 1. The Bertz CT molecular complexity index is 688. The van der Waals surface area contributed by atoms with Crippen LogP contribution in [0.4, 0.5) is 5.69 Å². The van der Waals surface area contributed by atoms with E-state index in [1.54, 1.807) is 6.07 Å². The fraction of sp³-hybridized carbons (Fsp3) is 0. The summed E-state index contributed by atoms with van der Waals surface area (Å²) >= 11 is 3.17. The fourth-order valence-electron chi connectivity index (χ4n) is 1.52. The molecule has 0 saturated heterocycles. The summed E-state index contributed by atoms with van der Waals surface area (Å²) in [5, 5.41) is 21.0. The van der Waals surface area contributed by atoms with E-state index >= 15 is 0 Å². The van der Waals surface area contributed by atoms with Gasteiger partial charge in [0.2, 0.25) is 0 Å². The molecule has 102 valence electrons. The number of phenolic OH excluding ortho intramolecular Hbond substituents is 1. The van der Waals surface area contributed by atoms with E-state index < -0.39 is 11.9 Å². The molecule has 1 amide bonds. The van der Waals surface area contributed by atoms with Crippen molar-refractivity contribution in [1.29, 1.82) is 0 Å². The number of aromatic hydroxyl groups is 1. The summed E-state index contributed by atoms with van der Waals surface area (Å²) in [6.45, 7) is 0. The monoisotopic (exact) mass is 336 g/mol. The molecule has 2 aromatic rings. The molecule has 0 unspecified atom stereocenters. The van der Waals surface area contributed by atoms with Crippen LogP contribution < -0.4 is 5.32 Å².